The van der Waals surface area contributed by atoms with Crippen molar-refractivity contribution in [3.63, 3.8) is 0 Å². The quantitative estimate of drug-likeness (QED) is 0.664. The highest BCUT2D eigenvalue weighted by molar-refractivity contribution is 5.43. The average Bonchev–Trinajstić information content (AvgIpc) is 2.66. The molecule has 2 unspecified atom stereocenters. The second-order valence-electron chi connectivity index (χ2n) is 4.77. The third kappa shape index (κ3) is 1.46. The first-order chi connectivity index (χ1) is 7.86. The average molecular weight is 208 g/mol. The minimum absolute atomic E-state index is 0.595. The molecule has 0 bridgehead atoms. The van der Waals surface area contributed by atoms with E-state index in [1.807, 2.05) is 0 Å². The molecular formula is C16H16. The van der Waals surface area contributed by atoms with Crippen LogP contribution in [0.5, 0.6) is 0 Å². The molecule has 80 valence electrons. The van der Waals surface area contributed by atoms with E-state index in [0.717, 1.165) is 5.92 Å². The van der Waals surface area contributed by atoms with Gasteiger partial charge in [0.05, 0.1) is 0 Å². The van der Waals surface area contributed by atoms with E-state index >= 15 is 0 Å². The highest BCUT2D eigenvalue weighted by Gasteiger charge is 2.29. The number of hydrogen-bond acceptors (Lipinski definition) is 0. The van der Waals surface area contributed by atoms with Gasteiger partial charge in [0.2, 0.25) is 0 Å². The van der Waals surface area contributed by atoms with Crippen molar-refractivity contribution in [1.82, 2.24) is 0 Å². The van der Waals surface area contributed by atoms with E-state index in [-0.39, 0.29) is 0 Å². The van der Waals surface area contributed by atoms with Crippen LogP contribution < -0.4 is 0 Å². The van der Waals surface area contributed by atoms with Gasteiger partial charge in [-0.15, -0.1) is 0 Å². The van der Waals surface area contributed by atoms with Gasteiger partial charge in [0, 0.05) is 5.92 Å². The Kier molecular flexibility index (Phi) is 2.28. The fraction of sp³-hybridized carbons (Fsp3) is 0.250. The van der Waals surface area contributed by atoms with Crippen molar-refractivity contribution in [3.05, 3.63) is 71.3 Å². The second kappa shape index (κ2) is 3.79. The van der Waals surface area contributed by atoms with Crippen molar-refractivity contribution in [2.45, 2.75) is 19.3 Å². The lowest BCUT2D eigenvalue weighted by Gasteiger charge is -2.17. The first-order valence-electron chi connectivity index (χ1n) is 5.99. The van der Waals surface area contributed by atoms with Gasteiger partial charge in [-0.25, -0.2) is 0 Å². The van der Waals surface area contributed by atoms with Crippen LogP contribution in [0, 0.1) is 5.92 Å². The molecule has 16 heavy (non-hydrogen) atoms. The molecule has 0 heterocycles. The summed E-state index contributed by atoms with van der Waals surface area (Å²) in [6.45, 7) is 2.36. The molecule has 2 aromatic rings. The Morgan fingerprint density at radius 2 is 1.56 bits per heavy atom. The van der Waals surface area contributed by atoms with Crippen LogP contribution in [0.3, 0.4) is 0 Å². The van der Waals surface area contributed by atoms with E-state index in [9.17, 15) is 0 Å². The van der Waals surface area contributed by atoms with E-state index in [2.05, 4.69) is 61.5 Å². The van der Waals surface area contributed by atoms with E-state index in [0.29, 0.717) is 5.92 Å². The summed E-state index contributed by atoms with van der Waals surface area (Å²) in [6.07, 6.45) is 1.22. The van der Waals surface area contributed by atoms with Crippen LogP contribution in [-0.4, -0.2) is 0 Å². The lowest BCUT2D eigenvalue weighted by molar-refractivity contribution is 0.557. The van der Waals surface area contributed by atoms with Crippen molar-refractivity contribution >= 4 is 0 Å². The van der Waals surface area contributed by atoms with Crippen LogP contribution in [0.2, 0.25) is 0 Å². The van der Waals surface area contributed by atoms with Gasteiger partial charge in [0.15, 0.2) is 0 Å². The molecule has 0 aliphatic heterocycles. The number of fused-ring (bicyclic) bond motifs is 1. The maximum Gasteiger partial charge on any atom is 0.0121 e. The van der Waals surface area contributed by atoms with Crippen molar-refractivity contribution in [1.29, 1.82) is 0 Å². The van der Waals surface area contributed by atoms with Crippen LogP contribution in [-0.2, 0) is 6.42 Å². The molecule has 0 spiro atoms. The second-order valence-corrected chi connectivity index (χ2v) is 4.77. The molecular weight excluding hydrogens is 192 g/mol. The maximum atomic E-state index is 2.36. The molecule has 0 aromatic heterocycles. The first-order valence-corrected chi connectivity index (χ1v) is 5.99. The fourth-order valence-electron chi connectivity index (χ4n) is 2.96. The topological polar surface area (TPSA) is 0 Å². The van der Waals surface area contributed by atoms with Crippen molar-refractivity contribution in [2.24, 2.45) is 5.92 Å². The summed E-state index contributed by atoms with van der Waals surface area (Å²) in [7, 11) is 0. The predicted octanol–water partition coefficient (Wildman–Crippen LogP) is 4.01. The Bertz CT molecular complexity index is 484. The molecule has 0 N–H and O–H groups in total. The minimum Gasteiger partial charge on any atom is -0.0622 e. The van der Waals surface area contributed by atoms with Crippen molar-refractivity contribution in [2.75, 3.05) is 0 Å². The molecule has 0 heteroatoms. The summed E-state index contributed by atoms with van der Waals surface area (Å²) in [6, 6.07) is 19.8. The van der Waals surface area contributed by atoms with E-state index in [1.54, 1.807) is 0 Å². The maximum absolute atomic E-state index is 2.36. The van der Waals surface area contributed by atoms with Gasteiger partial charge in [-0.05, 0) is 29.0 Å². The third-order valence-corrected chi connectivity index (χ3v) is 3.66. The summed E-state index contributed by atoms with van der Waals surface area (Å²) in [5.41, 5.74) is 4.52. The zero-order valence-electron chi connectivity index (χ0n) is 9.56. The number of hydrogen-bond donors (Lipinski definition) is 0. The first kappa shape index (κ1) is 9.65. The van der Waals surface area contributed by atoms with Gasteiger partial charge in [-0.2, -0.15) is 0 Å². The molecule has 1 aliphatic carbocycles. The smallest absolute Gasteiger partial charge is 0.0121 e. The molecule has 0 fully saturated rings. The predicted molar refractivity (Wildman–Crippen MR) is 67.6 cm³/mol. The standard InChI is InChI=1S/C16H16/c1-12-11-14-9-5-6-10-15(14)16(12)13-7-3-2-4-8-13/h2-10,12,16H,11H2,1H3. The summed E-state index contributed by atoms with van der Waals surface area (Å²) in [5.74, 6) is 1.32. The highest BCUT2D eigenvalue weighted by Crippen LogP contribution is 2.41. The Morgan fingerprint density at radius 3 is 2.38 bits per heavy atom. The van der Waals surface area contributed by atoms with Crippen LogP contribution in [0.1, 0.15) is 29.5 Å². The van der Waals surface area contributed by atoms with Gasteiger partial charge in [-0.1, -0.05) is 61.5 Å². The monoisotopic (exact) mass is 208 g/mol. The lowest BCUT2D eigenvalue weighted by atomic mass is 9.87. The van der Waals surface area contributed by atoms with Gasteiger partial charge >= 0.3 is 0 Å². The van der Waals surface area contributed by atoms with Crippen molar-refractivity contribution in [3.8, 4) is 0 Å². The highest BCUT2D eigenvalue weighted by atomic mass is 14.3. The fourth-order valence-corrected chi connectivity index (χ4v) is 2.96. The molecule has 0 radical (unpaired) electrons. The van der Waals surface area contributed by atoms with E-state index < -0.39 is 0 Å². The normalized spacial score (nSPS) is 23.1. The van der Waals surface area contributed by atoms with Crippen LogP contribution in [0.25, 0.3) is 0 Å². The van der Waals surface area contributed by atoms with Crippen LogP contribution in [0.4, 0.5) is 0 Å². The van der Waals surface area contributed by atoms with Crippen molar-refractivity contribution < 1.29 is 0 Å². The summed E-state index contributed by atoms with van der Waals surface area (Å²) in [5, 5.41) is 0. The van der Waals surface area contributed by atoms with Gasteiger partial charge in [0.1, 0.15) is 0 Å². The van der Waals surface area contributed by atoms with E-state index in [4.69, 9.17) is 0 Å². The summed E-state index contributed by atoms with van der Waals surface area (Å²) >= 11 is 0. The molecule has 0 amide bonds. The molecule has 1 aliphatic rings. The van der Waals surface area contributed by atoms with Gasteiger partial charge in [-0.3, -0.25) is 0 Å². The Balaban J connectivity index is 2.09. The van der Waals surface area contributed by atoms with Gasteiger partial charge in [0.25, 0.3) is 0 Å². The molecule has 0 saturated carbocycles. The molecule has 0 nitrogen and oxygen atoms in total. The number of benzene rings is 2. The zero-order chi connectivity index (χ0) is 11.0. The zero-order valence-corrected chi connectivity index (χ0v) is 9.56. The summed E-state index contributed by atoms with van der Waals surface area (Å²) in [4.78, 5) is 0. The third-order valence-electron chi connectivity index (χ3n) is 3.66. The largest absolute Gasteiger partial charge is 0.0622 e. The molecule has 3 rings (SSSR count). The SMILES string of the molecule is CC1Cc2ccccc2C1c1ccccc1. The van der Waals surface area contributed by atoms with Gasteiger partial charge < -0.3 is 0 Å². The lowest BCUT2D eigenvalue weighted by Crippen LogP contribution is -2.04. The van der Waals surface area contributed by atoms with E-state index in [1.165, 1.54) is 23.1 Å². The number of rotatable bonds is 1. The minimum atomic E-state index is 0.595. The summed E-state index contributed by atoms with van der Waals surface area (Å²) < 4.78 is 0. The van der Waals surface area contributed by atoms with Crippen LogP contribution >= 0.6 is 0 Å². The Labute approximate surface area is 96.9 Å². The molecule has 2 aromatic carbocycles. The Morgan fingerprint density at radius 1 is 0.875 bits per heavy atom. The molecule has 0 saturated heterocycles. The van der Waals surface area contributed by atoms with Crippen LogP contribution in [0.15, 0.2) is 54.6 Å². The Hall–Kier alpha value is -1.56. The molecule has 2 atom stereocenters.